The molecule has 2 aromatic rings. The van der Waals surface area contributed by atoms with Gasteiger partial charge in [-0.25, -0.2) is 0 Å². The lowest BCUT2D eigenvalue weighted by Gasteiger charge is -2.16. The third-order valence-corrected chi connectivity index (χ3v) is 3.55. The van der Waals surface area contributed by atoms with E-state index in [0.29, 0.717) is 6.54 Å². The number of amides is 1. The standard InChI is InChI=1S/C16H17BrN2O/c1-19(11-13-7-3-2-4-8-13)12-16(20)18-15-10-6-5-9-14(15)17/h2-10H,11-12H2,1H3,(H,18,20). The number of rotatable bonds is 5. The zero-order valence-corrected chi connectivity index (χ0v) is 12.9. The Labute approximate surface area is 127 Å². The van der Waals surface area contributed by atoms with Crippen molar-refractivity contribution in [2.45, 2.75) is 6.54 Å². The molecule has 0 aromatic heterocycles. The molecule has 104 valence electrons. The fraction of sp³-hybridized carbons (Fsp3) is 0.188. The number of hydrogen-bond acceptors (Lipinski definition) is 2. The van der Waals surface area contributed by atoms with Gasteiger partial charge < -0.3 is 5.32 Å². The van der Waals surface area contributed by atoms with Gasteiger partial charge in [-0.3, -0.25) is 9.69 Å². The van der Waals surface area contributed by atoms with E-state index in [9.17, 15) is 4.79 Å². The summed E-state index contributed by atoms with van der Waals surface area (Å²) in [7, 11) is 1.94. The summed E-state index contributed by atoms with van der Waals surface area (Å²) in [5.41, 5.74) is 1.99. The van der Waals surface area contributed by atoms with Gasteiger partial charge in [0.1, 0.15) is 0 Å². The molecule has 2 aromatic carbocycles. The van der Waals surface area contributed by atoms with Crippen LogP contribution in [0, 0.1) is 0 Å². The zero-order valence-electron chi connectivity index (χ0n) is 11.3. The summed E-state index contributed by atoms with van der Waals surface area (Å²) < 4.78 is 0.888. The Kier molecular flexibility index (Phi) is 5.32. The Morgan fingerprint density at radius 1 is 1.10 bits per heavy atom. The highest BCUT2D eigenvalue weighted by Crippen LogP contribution is 2.20. The molecule has 0 saturated carbocycles. The summed E-state index contributed by atoms with van der Waals surface area (Å²) in [6.45, 7) is 1.11. The Bertz CT molecular complexity index is 572. The number of nitrogens with one attached hydrogen (secondary N) is 1. The van der Waals surface area contributed by atoms with Gasteiger partial charge >= 0.3 is 0 Å². The molecule has 2 rings (SSSR count). The number of benzene rings is 2. The van der Waals surface area contributed by atoms with Crippen molar-refractivity contribution in [3.63, 3.8) is 0 Å². The number of para-hydroxylation sites is 1. The fourth-order valence-corrected chi connectivity index (χ4v) is 2.33. The molecule has 1 amide bonds. The molecule has 0 aliphatic rings. The molecular weight excluding hydrogens is 316 g/mol. The van der Waals surface area contributed by atoms with E-state index >= 15 is 0 Å². The van der Waals surface area contributed by atoms with Gasteiger partial charge in [0, 0.05) is 11.0 Å². The second-order valence-electron chi connectivity index (χ2n) is 4.69. The van der Waals surface area contributed by atoms with Crippen LogP contribution in [-0.2, 0) is 11.3 Å². The molecule has 1 N–H and O–H groups in total. The summed E-state index contributed by atoms with van der Waals surface area (Å²) in [6, 6.07) is 17.7. The van der Waals surface area contributed by atoms with Crippen molar-refractivity contribution in [1.82, 2.24) is 4.90 Å². The lowest BCUT2D eigenvalue weighted by molar-refractivity contribution is -0.117. The molecular formula is C16H17BrN2O. The highest BCUT2D eigenvalue weighted by Gasteiger charge is 2.08. The second-order valence-corrected chi connectivity index (χ2v) is 5.54. The van der Waals surface area contributed by atoms with Gasteiger partial charge in [0.15, 0.2) is 0 Å². The van der Waals surface area contributed by atoms with E-state index < -0.39 is 0 Å². The number of nitrogens with zero attached hydrogens (tertiary/aromatic N) is 1. The van der Waals surface area contributed by atoms with E-state index in [1.54, 1.807) is 0 Å². The first-order valence-corrected chi connectivity index (χ1v) is 7.21. The fourth-order valence-electron chi connectivity index (χ4n) is 1.95. The van der Waals surface area contributed by atoms with Crippen LogP contribution in [0.2, 0.25) is 0 Å². The van der Waals surface area contributed by atoms with Gasteiger partial charge in [0.25, 0.3) is 0 Å². The maximum Gasteiger partial charge on any atom is 0.238 e. The topological polar surface area (TPSA) is 32.3 Å². The normalized spacial score (nSPS) is 10.6. The summed E-state index contributed by atoms with van der Waals surface area (Å²) in [6.07, 6.45) is 0. The molecule has 0 saturated heterocycles. The van der Waals surface area contributed by atoms with Crippen molar-refractivity contribution in [3.05, 3.63) is 64.6 Å². The first-order valence-electron chi connectivity index (χ1n) is 6.42. The summed E-state index contributed by atoms with van der Waals surface area (Å²) in [5.74, 6) is -0.0182. The third-order valence-electron chi connectivity index (χ3n) is 2.86. The number of carbonyl (C=O) groups excluding carboxylic acids is 1. The SMILES string of the molecule is CN(CC(=O)Nc1ccccc1Br)Cc1ccccc1. The average molecular weight is 333 g/mol. The molecule has 0 bridgehead atoms. The van der Waals surface area contributed by atoms with Gasteiger partial charge in [-0.1, -0.05) is 42.5 Å². The van der Waals surface area contributed by atoms with Crippen LogP contribution in [0.15, 0.2) is 59.1 Å². The molecule has 4 heteroatoms. The number of hydrogen-bond donors (Lipinski definition) is 1. The van der Waals surface area contributed by atoms with E-state index in [1.807, 2.05) is 54.4 Å². The monoisotopic (exact) mass is 332 g/mol. The van der Waals surface area contributed by atoms with Gasteiger partial charge in [-0.05, 0) is 40.7 Å². The zero-order chi connectivity index (χ0) is 14.4. The van der Waals surface area contributed by atoms with Gasteiger partial charge in [-0.2, -0.15) is 0 Å². The quantitative estimate of drug-likeness (QED) is 0.908. The van der Waals surface area contributed by atoms with Crippen molar-refractivity contribution >= 4 is 27.5 Å². The first-order chi connectivity index (χ1) is 9.65. The van der Waals surface area contributed by atoms with Crippen LogP contribution in [0.4, 0.5) is 5.69 Å². The molecule has 0 atom stereocenters. The van der Waals surface area contributed by atoms with Crippen LogP contribution in [0.3, 0.4) is 0 Å². The summed E-state index contributed by atoms with van der Waals surface area (Å²) in [5, 5.41) is 2.90. The van der Waals surface area contributed by atoms with E-state index in [0.717, 1.165) is 16.7 Å². The molecule has 0 fully saturated rings. The number of carbonyl (C=O) groups is 1. The first kappa shape index (κ1) is 14.8. The third kappa shape index (κ3) is 4.47. The van der Waals surface area contributed by atoms with Gasteiger partial charge in [0.05, 0.1) is 12.2 Å². The predicted octanol–water partition coefficient (Wildman–Crippen LogP) is 3.52. The van der Waals surface area contributed by atoms with Crippen molar-refractivity contribution in [2.75, 3.05) is 18.9 Å². The largest absolute Gasteiger partial charge is 0.324 e. The Morgan fingerprint density at radius 2 is 1.75 bits per heavy atom. The molecule has 0 spiro atoms. The van der Waals surface area contributed by atoms with Gasteiger partial charge in [-0.15, -0.1) is 0 Å². The van der Waals surface area contributed by atoms with Crippen molar-refractivity contribution in [3.8, 4) is 0 Å². The molecule has 0 aliphatic carbocycles. The maximum absolute atomic E-state index is 12.0. The Hall–Kier alpha value is -1.65. The average Bonchev–Trinajstić information content (AvgIpc) is 2.42. The number of likely N-dealkylation sites (N-methyl/N-ethyl adjacent to an activating group) is 1. The van der Waals surface area contributed by atoms with Crippen LogP contribution in [0.25, 0.3) is 0 Å². The number of anilines is 1. The maximum atomic E-state index is 12.0. The lowest BCUT2D eigenvalue weighted by Crippen LogP contribution is -2.29. The highest BCUT2D eigenvalue weighted by molar-refractivity contribution is 9.10. The van der Waals surface area contributed by atoms with E-state index in [2.05, 4.69) is 33.4 Å². The molecule has 3 nitrogen and oxygen atoms in total. The minimum atomic E-state index is -0.0182. The van der Waals surface area contributed by atoms with E-state index in [-0.39, 0.29) is 5.91 Å². The van der Waals surface area contributed by atoms with Crippen LogP contribution in [0.1, 0.15) is 5.56 Å². The Balaban J connectivity index is 1.87. The molecule has 0 radical (unpaired) electrons. The van der Waals surface area contributed by atoms with Crippen molar-refractivity contribution in [1.29, 1.82) is 0 Å². The minimum Gasteiger partial charge on any atom is -0.324 e. The smallest absolute Gasteiger partial charge is 0.238 e. The lowest BCUT2D eigenvalue weighted by atomic mass is 10.2. The molecule has 0 unspecified atom stereocenters. The van der Waals surface area contributed by atoms with Crippen LogP contribution < -0.4 is 5.32 Å². The van der Waals surface area contributed by atoms with Crippen LogP contribution in [0.5, 0.6) is 0 Å². The predicted molar refractivity (Wildman–Crippen MR) is 85.5 cm³/mol. The molecule has 0 heterocycles. The molecule has 20 heavy (non-hydrogen) atoms. The van der Waals surface area contributed by atoms with Crippen molar-refractivity contribution in [2.24, 2.45) is 0 Å². The number of halogens is 1. The van der Waals surface area contributed by atoms with E-state index in [4.69, 9.17) is 0 Å². The van der Waals surface area contributed by atoms with Crippen LogP contribution >= 0.6 is 15.9 Å². The van der Waals surface area contributed by atoms with E-state index in [1.165, 1.54) is 5.56 Å². The Morgan fingerprint density at radius 3 is 2.45 bits per heavy atom. The van der Waals surface area contributed by atoms with Crippen molar-refractivity contribution < 1.29 is 4.79 Å². The highest BCUT2D eigenvalue weighted by atomic mass is 79.9. The summed E-state index contributed by atoms with van der Waals surface area (Å²) in [4.78, 5) is 14.0. The minimum absolute atomic E-state index is 0.0182. The van der Waals surface area contributed by atoms with Crippen LogP contribution in [-0.4, -0.2) is 24.4 Å². The molecule has 0 aliphatic heterocycles. The van der Waals surface area contributed by atoms with Gasteiger partial charge in [0.2, 0.25) is 5.91 Å². The second kappa shape index (κ2) is 7.22. The summed E-state index contributed by atoms with van der Waals surface area (Å²) >= 11 is 3.42.